The second-order valence-electron chi connectivity index (χ2n) is 15.3. The lowest BCUT2D eigenvalue weighted by molar-refractivity contribution is -0.300. The number of methoxy groups -OCH3 is 1. The molecule has 11 N–H and O–H groups in total. The van der Waals surface area contributed by atoms with Crippen LogP contribution in [0.15, 0.2) is 16.8 Å². The van der Waals surface area contributed by atoms with Gasteiger partial charge in [0, 0.05) is 52.6 Å². The standard InChI is InChI=1S/C41H50N4O15/c1-15-19(8-9-59-41-38(55)37(54)35(52)27(14-48)60-41)24(42-25(15)12-46)11-22-18(4)30-34(44-22)31(32(36(30)53)40(57)58-5)33-20(6-7-28(50)51)16(2)21(43-33)10-23-17(3)29(26(49)13-47)39(56)45-23/h10,12,26-27,31-32,35,37-38,41-44,47-49,52,54-55H,6-9,11,13-14H2,1-5H3,(H,45,56)(H,50,51)/t26-,27-,31-,32+,35-,37+,38-,41-/m1/s1. The Morgan fingerprint density at radius 2 is 1.58 bits per heavy atom. The van der Waals surface area contributed by atoms with Crippen molar-refractivity contribution in [2.24, 2.45) is 5.92 Å². The summed E-state index contributed by atoms with van der Waals surface area (Å²) in [6.45, 7) is 5.42. The predicted octanol–water partition coefficient (Wildman–Crippen LogP) is -0.367. The van der Waals surface area contributed by atoms with Gasteiger partial charge in [-0.25, -0.2) is 0 Å². The summed E-state index contributed by atoms with van der Waals surface area (Å²) in [6.07, 6.45) is -6.41. The number of carboxylic acids is 1. The van der Waals surface area contributed by atoms with E-state index in [2.05, 4.69) is 20.3 Å². The number of hydrogen-bond donors (Lipinski definition) is 11. The molecule has 1 fully saturated rings. The first-order valence-corrected chi connectivity index (χ1v) is 19.4. The Morgan fingerprint density at radius 3 is 2.22 bits per heavy atom. The molecule has 0 unspecified atom stereocenters. The van der Waals surface area contributed by atoms with Gasteiger partial charge in [0.1, 0.15) is 36.4 Å². The second kappa shape index (κ2) is 17.8. The zero-order chi connectivity index (χ0) is 43.9. The maximum atomic E-state index is 14.3. The Labute approximate surface area is 343 Å². The molecule has 60 heavy (non-hydrogen) atoms. The van der Waals surface area contributed by atoms with E-state index in [1.165, 1.54) is 0 Å². The molecule has 5 heterocycles. The van der Waals surface area contributed by atoms with Crippen LogP contribution >= 0.6 is 0 Å². The van der Waals surface area contributed by atoms with E-state index in [9.17, 15) is 59.7 Å². The quantitative estimate of drug-likeness (QED) is 0.0498. The van der Waals surface area contributed by atoms with Gasteiger partial charge in [-0.05, 0) is 80.0 Å². The Balaban J connectivity index is 1.38. The third kappa shape index (κ3) is 7.90. The number of hydrogen-bond acceptors (Lipinski definition) is 14. The molecule has 1 aliphatic carbocycles. The normalized spacial score (nSPS) is 25.2. The van der Waals surface area contributed by atoms with E-state index in [1.54, 1.807) is 33.8 Å². The van der Waals surface area contributed by atoms with Gasteiger partial charge in [0.05, 0.1) is 44.1 Å². The molecular formula is C41H50N4O15. The average Bonchev–Trinajstić information content (AvgIpc) is 3.97. The number of H-pyrrole nitrogens is 3. The molecule has 3 aliphatic rings. The lowest BCUT2D eigenvalue weighted by Crippen LogP contribution is -2.59. The molecule has 19 nitrogen and oxygen atoms in total. The average molecular weight is 839 g/mol. The van der Waals surface area contributed by atoms with Crippen molar-refractivity contribution in [3.05, 3.63) is 84.4 Å². The number of aliphatic carboxylic acids is 1. The van der Waals surface area contributed by atoms with Gasteiger partial charge in [0.2, 0.25) is 0 Å². The molecule has 1 amide bonds. The Kier molecular flexibility index (Phi) is 13.1. The molecule has 2 aliphatic heterocycles. The highest BCUT2D eigenvalue weighted by atomic mass is 16.7. The SMILES string of the molecule is COC(=O)[C@@H]1C(=O)c2c([nH]c(Cc3[nH]c(C=O)c(C)c3CCO[C@@H]3O[C@H](CO)[C@@H](O)[C@H](O)[C@H]3O)c2C)[C@H]1c1[nH]c(C=C2NC(=O)C([C@H](O)CO)=C2C)c(C)c1CCC(=O)O. The van der Waals surface area contributed by atoms with E-state index in [1.807, 2.05) is 0 Å². The highest BCUT2D eigenvalue weighted by Crippen LogP contribution is 2.47. The van der Waals surface area contributed by atoms with Crippen molar-refractivity contribution in [1.82, 2.24) is 20.3 Å². The zero-order valence-electron chi connectivity index (χ0n) is 33.6. The first-order chi connectivity index (χ1) is 28.5. The number of aliphatic hydroxyl groups is 6. The van der Waals surface area contributed by atoms with Crippen LogP contribution in [-0.2, 0) is 47.9 Å². The summed E-state index contributed by atoms with van der Waals surface area (Å²) >= 11 is 0. The van der Waals surface area contributed by atoms with Crippen molar-refractivity contribution < 1.29 is 73.9 Å². The largest absolute Gasteiger partial charge is 0.481 e. The summed E-state index contributed by atoms with van der Waals surface area (Å²) in [5, 5.41) is 72.4. The molecule has 6 rings (SSSR count). The number of amides is 1. The Bertz CT molecular complexity index is 2260. The Morgan fingerprint density at radius 1 is 0.883 bits per heavy atom. The van der Waals surface area contributed by atoms with E-state index >= 15 is 0 Å². The summed E-state index contributed by atoms with van der Waals surface area (Å²) in [6, 6.07) is 0. The van der Waals surface area contributed by atoms with Crippen LogP contribution in [0.25, 0.3) is 6.08 Å². The maximum absolute atomic E-state index is 14.3. The molecule has 0 bridgehead atoms. The summed E-state index contributed by atoms with van der Waals surface area (Å²) in [4.78, 5) is 74.3. The van der Waals surface area contributed by atoms with E-state index in [0.29, 0.717) is 73.8 Å². The molecule has 3 aromatic rings. The number of rotatable bonds is 16. The van der Waals surface area contributed by atoms with Crippen LogP contribution in [0.2, 0.25) is 0 Å². The topological polar surface area (TPSA) is 314 Å². The number of carboxylic acid groups (broad SMARTS) is 1. The fourth-order valence-corrected chi connectivity index (χ4v) is 8.56. The van der Waals surface area contributed by atoms with Crippen molar-refractivity contribution in [3.63, 3.8) is 0 Å². The predicted molar refractivity (Wildman–Crippen MR) is 208 cm³/mol. The van der Waals surface area contributed by atoms with Gasteiger partial charge >= 0.3 is 11.9 Å². The molecule has 3 aromatic heterocycles. The Hall–Kier alpha value is -5.25. The number of aromatic amines is 3. The number of carbonyl (C=O) groups is 5. The van der Waals surface area contributed by atoms with Crippen LogP contribution in [-0.4, -0.2) is 144 Å². The molecule has 19 heteroatoms. The van der Waals surface area contributed by atoms with Gasteiger partial charge in [0.15, 0.2) is 18.4 Å². The number of esters is 1. The lowest BCUT2D eigenvalue weighted by atomic mass is 9.87. The lowest BCUT2D eigenvalue weighted by Gasteiger charge is -2.39. The molecule has 8 atom stereocenters. The number of carbonyl (C=O) groups excluding carboxylic acids is 4. The van der Waals surface area contributed by atoms with E-state index in [0.717, 1.165) is 7.11 Å². The number of fused-ring (bicyclic) bond motifs is 1. The number of aliphatic hydroxyl groups excluding tert-OH is 6. The van der Waals surface area contributed by atoms with Crippen LogP contribution in [0, 0.1) is 26.7 Å². The number of allylic oxidation sites excluding steroid dienone is 1. The van der Waals surface area contributed by atoms with Crippen molar-refractivity contribution >= 4 is 36.0 Å². The van der Waals surface area contributed by atoms with Gasteiger partial charge in [0.25, 0.3) is 5.91 Å². The number of aldehydes is 1. The van der Waals surface area contributed by atoms with E-state index in [-0.39, 0.29) is 49.1 Å². The minimum Gasteiger partial charge on any atom is -0.481 e. The summed E-state index contributed by atoms with van der Waals surface area (Å²) in [7, 11) is 1.16. The van der Waals surface area contributed by atoms with Crippen molar-refractivity contribution in [3.8, 4) is 0 Å². The number of aromatic nitrogens is 3. The van der Waals surface area contributed by atoms with Gasteiger partial charge in [-0.2, -0.15) is 0 Å². The minimum absolute atomic E-state index is 0.00697. The van der Waals surface area contributed by atoms with Crippen LogP contribution < -0.4 is 5.32 Å². The zero-order valence-corrected chi connectivity index (χ0v) is 33.6. The molecule has 0 saturated carbocycles. The first kappa shape index (κ1) is 44.3. The van der Waals surface area contributed by atoms with Crippen molar-refractivity contribution in [1.29, 1.82) is 0 Å². The van der Waals surface area contributed by atoms with Gasteiger partial charge in [-0.15, -0.1) is 0 Å². The summed E-state index contributed by atoms with van der Waals surface area (Å²) in [5.74, 6) is -5.35. The molecule has 0 radical (unpaired) electrons. The number of nitrogens with one attached hydrogen (secondary N) is 4. The molecule has 0 spiro atoms. The van der Waals surface area contributed by atoms with Crippen molar-refractivity contribution in [2.45, 2.75) is 96.1 Å². The third-order valence-corrected chi connectivity index (χ3v) is 11.9. The molecule has 0 aromatic carbocycles. The van der Waals surface area contributed by atoms with E-state index in [4.69, 9.17) is 14.2 Å². The van der Waals surface area contributed by atoms with Crippen LogP contribution in [0.1, 0.15) is 96.4 Å². The highest BCUT2D eigenvalue weighted by molar-refractivity contribution is 6.14. The smallest absolute Gasteiger partial charge is 0.317 e. The fraction of sp³-hybridized carbons (Fsp3) is 0.488. The number of ketones is 1. The first-order valence-electron chi connectivity index (χ1n) is 19.4. The summed E-state index contributed by atoms with van der Waals surface area (Å²) in [5.41, 5.74) is 6.51. The fourth-order valence-electron chi connectivity index (χ4n) is 8.56. The molecule has 1 saturated heterocycles. The van der Waals surface area contributed by atoms with Gasteiger partial charge < -0.3 is 70.2 Å². The number of Topliss-reactive ketones (excluding diaryl/α,β-unsaturated/α-hetero) is 1. The molecule has 324 valence electrons. The van der Waals surface area contributed by atoms with Crippen molar-refractivity contribution in [2.75, 3.05) is 26.9 Å². The van der Waals surface area contributed by atoms with Crippen LogP contribution in [0.4, 0.5) is 0 Å². The minimum atomic E-state index is -1.63. The van der Waals surface area contributed by atoms with Gasteiger partial charge in [-0.3, -0.25) is 24.0 Å². The number of ether oxygens (including phenoxy) is 3. The van der Waals surface area contributed by atoms with Gasteiger partial charge in [-0.1, -0.05) is 0 Å². The highest BCUT2D eigenvalue weighted by Gasteiger charge is 2.50. The summed E-state index contributed by atoms with van der Waals surface area (Å²) < 4.78 is 16.3. The van der Waals surface area contributed by atoms with Crippen LogP contribution in [0.5, 0.6) is 0 Å². The third-order valence-electron chi connectivity index (χ3n) is 11.9. The van der Waals surface area contributed by atoms with Crippen LogP contribution in [0.3, 0.4) is 0 Å². The molecular weight excluding hydrogens is 788 g/mol. The second-order valence-corrected chi connectivity index (χ2v) is 15.3. The monoisotopic (exact) mass is 838 g/mol. The maximum Gasteiger partial charge on any atom is 0.317 e. The van der Waals surface area contributed by atoms with E-state index < -0.39 is 85.5 Å².